The molecule has 23 heavy (non-hydrogen) atoms. The van der Waals surface area contributed by atoms with Gasteiger partial charge in [0.2, 0.25) is 11.6 Å². The first-order chi connectivity index (χ1) is 11.3. The highest BCUT2D eigenvalue weighted by molar-refractivity contribution is 9.10. The van der Waals surface area contributed by atoms with Gasteiger partial charge >= 0.3 is 0 Å². The number of rotatable bonds is 4. The van der Waals surface area contributed by atoms with Crippen LogP contribution in [0.4, 0.5) is 0 Å². The second kappa shape index (κ2) is 6.01. The molecular formula is C14H9BrN6OS. The Bertz CT molecular complexity index is 915. The number of aromatic nitrogens is 6. The molecule has 0 unspecified atom stereocenters. The van der Waals surface area contributed by atoms with Crippen molar-refractivity contribution < 1.29 is 4.52 Å². The minimum atomic E-state index is 0.280. The van der Waals surface area contributed by atoms with Crippen molar-refractivity contribution in [1.82, 2.24) is 30.3 Å². The summed E-state index contributed by atoms with van der Waals surface area (Å²) in [7, 11) is 0. The van der Waals surface area contributed by atoms with Gasteiger partial charge in [0, 0.05) is 10.0 Å². The number of nitrogens with zero attached hydrogens (tertiary/aromatic N) is 6. The van der Waals surface area contributed by atoms with Gasteiger partial charge in [0.15, 0.2) is 0 Å². The summed E-state index contributed by atoms with van der Waals surface area (Å²) in [6.07, 6.45) is 0. The van der Waals surface area contributed by atoms with Crippen molar-refractivity contribution in [3.8, 4) is 22.1 Å². The van der Waals surface area contributed by atoms with Gasteiger partial charge in [0.25, 0.3) is 5.89 Å². The van der Waals surface area contributed by atoms with E-state index >= 15 is 0 Å². The molecule has 0 bridgehead atoms. The number of tetrazole rings is 1. The van der Waals surface area contributed by atoms with Crippen LogP contribution in [0.3, 0.4) is 0 Å². The molecule has 114 valence electrons. The molecule has 0 aliphatic rings. The lowest BCUT2D eigenvalue weighted by Gasteiger charge is -1.94. The third kappa shape index (κ3) is 3.06. The molecule has 0 radical (unpaired) electrons. The SMILES string of the molecule is Brc1ccc(-c2nnn(Cc3nc(-c4cccs4)no3)n2)cc1. The molecule has 0 fully saturated rings. The van der Waals surface area contributed by atoms with Crippen molar-refractivity contribution in [2.45, 2.75) is 6.54 Å². The van der Waals surface area contributed by atoms with E-state index in [2.05, 4.69) is 41.5 Å². The van der Waals surface area contributed by atoms with E-state index in [9.17, 15) is 0 Å². The third-order valence-electron chi connectivity index (χ3n) is 3.04. The quantitative estimate of drug-likeness (QED) is 0.533. The van der Waals surface area contributed by atoms with E-state index in [1.54, 1.807) is 11.3 Å². The van der Waals surface area contributed by atoms with Gasteiger partial charge in [0.1, 0.15) is 6.54 Å². The van der Waals surface area contributed by atoms with Crippen molar-refractivity contribution >= 4 is 27.3 Å². The van der Waals surface area contributed by atoms with Gasteiger partial charge in [-0.2, -0.15) is 9.78 Å². The Hall–Kier alpha value is -2.39. The summed E-state index contributed by atoms with van der Waals surface area (Å²) in [5, 5.41) is 18.3. The monoisotopic (exact) mass is 388 g/mol. The zero-order valence-corrected chi connectivity index (χ0v) is 14.0. The van der Waals surface area contributed by atoms with Gasteiger partial charge in [-0.1, -0.05) is 27.2 Å². The van der Waals surface area contributed by atoms with Gasteiger partial charge in [-0.05, 0) is 40.9 Å². The van der Waals surface area contributed by atoms with E-state index in [-0.39, 0.29) is 6.54 Å². The van der Waals surface area contributed by atoms with Crippen LogP contribution in [0.5, 0.6) is 0 Å². The molecule has 4 aromatic rings. The van der Waals surface area contributed by atoms with E-state index in [1.807, 2.05) is 41.8 Å². The Labute approximate surface area is 143 Å². The van der Waals surface area contributed by atoms with Crippen molar-refractivity contribution in [2.24, 2.45) is 0 Å². The Morgan fingerprint density at radius 3 is 2.78 bits per heavy atom. The molecule has 7 nitrogen and oxygen atoms in total. The van der Waals surface area contributed by atoms with Crippen LogP contribution < -0.4 is 0 Å². The van der Waals surface area contributed by atoms with E-state index in [1.165, 1.54) is 4.80 Å². The molecule has 0 spiro atoms. The average Bonchev–Trinajstić information content (AvgIpc) is 3.29. The second-order valence-corrected chi connectivity index (χ2v) is 6.50. The topological polar surface area (TPSA) is 82.5 Å². The van der Waals surface area contributed by atoms with Crippen LogP contribution in [0, 0.1) is 0 Å². The fourth-order valence-electron chi connectivity index (χ4n) is 1.97. The van der Waals surface area contributed by atoms with Crippen LogP contribution >= 0.6 is 27.3 Å². The van der Waals surface area contributed by atoms with Crippen LogP contribution in [0.2, 0.25) is 0 Å². The molecule has 0 N–H and O–H groups in total. The summed E-state index contributed by atoms with van der Waals surface area (Å²) in [4.78, 5) is 6.73. The van der Waals surface area contributed by atoms with Crippen molar-refractivity contribution in [3.63, 3.8) is 0 Å². The molecular weight excluding hydrogens is 380 g/mol. The van der Waals surface area contributed by atoms with Gasteiger partial charge in [-0.3, -0.25) is 0 Å². The molecule has 0 aliphatic carbocycles. The summed E-state index contributed by atoms with van der Waals surface area (Å²) in [5.41, 5.74) is 0.893. The zero-order chi connectivity index (χ0) is 15.6. The molecule has 0 atom stereocenters. The summed E-state index contributed by atoms with van der Waals surface area (Å²) in [6, 6.07) is 11.6. The molecule has 4 rings (SSSR count). The first-order valence-electron chi connectivity index (χ1n) is 6.68. The summed E-state index contributed by atoms with van der Waals surface area (Å²) in [6.45, 7) is 0.280. The van der Waals surface area contributed by atoms with Crippen LogP contribution in [-0.2, 0) is 6.54 Å². The number of hydrogen-bond donors (Lipinski definition) is 0. The Kier molecular flexibility index (Phi) is 3.72. The van der Waals surface area contributed by atoms with E-state index in [4.69, 9.17) is 4.52 Å². The Balaban J connectivity index is 1.53. The molecule has 3 aromatic heterocycles. The maximum atomic E-state index is 5.23. The minimum Gasteiger partial charge on any atom is -0.337 e. The molecule has 0 aliphatic heterocycles. The predicted molar refractivity (Wildman–Crippen MR) is 87.7 cm³/mol. The molecule has 9 heteroatoms. The van der Waals surface area contributed by atoms with Gasteiger partial charge < -0.3 is 4.52 Å². The highest BCUT2D eigenvalue weighted by Crippen LogP contribution is 2.21. The highest BCUT2D eigenvalue weighted by Gasteiger charge is 2.12. The van der Waals surface area contributed by atoms with Crippen molar-refractivity contribution in [2.75, 3.05) is 0 Å². The smallest absolute Gasteiger partial charge is 0.250 e. The van der Waals surface area contributed by atoms with Crippen LogP contribution in [0.15, 0.2) is 50.8 Å². The fraction of sp³-hybridized carbons (Fsp3) is 0.0714. The Morgan fingerprint density at radius 2 is 2.00 bits per heavy atom. The number of hydrogen-bond acceptors (Lipinski definition) is 7. The van der Waals surface area contributed by atoms with Gasteiger partial charge in [0.05, 0.1) is 4.88 Å². The van der Waals surface area contributed by atoms with Crippen molar-refractivity contribution in [1.29, 1.82) is 0 Å². The van der Waals surface area contributed by atoms with Crippen molar-refractivity contribution in [3.05, 3.63) is 52.1 Å². The number of thiophene rings is 1. The summed E-state index contributed by atoms with van der Waals surface area (Å²) >= 11 is 4.96. The highest BCUT2D eigenvalue weighted by atomic mass is 79.9. The van der Waals surface area contributed by atoms with Crippen LogP contribution in [0.1, 0.15) is 5.89 Å². The van der Waals surface area contributed by atoms with Crippen LogP contribution in [0.25, 0.3) is 22.1 Å². The van der Waals surface area contributed by atoms with E-state index in [0.717, 1.165) is 14.9 Å². The zero-order valence-electron chi connectivity index (χ0n) is 11.6. The summed E-state index contributed by atoms with van der Waals surface area (Å²) in [5.74, 6) is 1.56. The second-order valence-electron chi connectivity index (χ2n) is 4.64. The Morgan fingerprint density at radius 1 is 1.13 bits per heavy atom. The largest absolute Gasteiger partial charge is 0.337 e. The molecule has 1 aromatic carbocycles. The van der Waals surface area contributed by atoms with E-state index in [0.29, 0.717) is 17.5 Å². The predicted octanol–water partition coefficient (Wildman–Crippen LogP) is 3.26. The molecule has 0 saturated carbocycles. The third-order valence-corrected chi connectivity index (χ3v) is 4.44. The normalized spacial score (nSPS) is 11.0. The standard InChI is InChI=1S/C14H9BrN6OS/c15-10-5-3-9(4-6-10)13-17-20-21(18-13)8-12-16-14(19-22-12)11-2-1-7-23-11/h1-7H,8H2. The fourth-order valence-corrected chi connectivity index (χ4v) is 2.88. The maximum Gasteiger partial charge on any atom is 0.250 e. The maximum absolute atomic E-state index is 5.23. The first kappa shape index (κ1) is 14.2. The average molecular weight is 389 g/mol. The minimum absolute atomic E-state index is 0.280. The number of halogens is 1. The molecule has 3 heterocycles. The first-order valence-corrected chi connectivity index (χ1v) is 8.35. The molecule has 0 amide bonds. The molecule has 0 saturated heterocycles. The van der Waals surface area contributed by atoms with E-state index < -0.39 is 0 Å². The van der Waals surface area contributed by atoms with Crippen LogP contribution in [-0.4, -0.2) is 30.3 Å². The lowest BCUT2D eigenvalue weighted by molar-refractivity contribution is 0.356. The summed E-state index contributed by atoms with van der Waals surface area (Å²) < 4.78 is 6.23. The van der Waals surface area contributed by atoms with Gasteiger partial charge in [-0.15, -0.1) is 21.5 Å². The number of benzene rings is 1. The van der Waals surface area contributed by atoms with Gasteiger partial charge in [-0.25, -0.2) is 0 Å². The lowest BCUT2D eigenvalue weighted by Crippen LogP contribution is -2.04. The lowest BCUT2D eigenvalue weighted by atomic mass is 10.2.